The molecule has 1 aliphatic heterocycles. The lowest BCUT2D eigenvalue weighted by molar-refractivity contribution is -0.136. The van der Waals surface area contributed by atoms with Crippen LogP contribution >= 0.6 is 0 Å². The molecule has 2 rings (SSSR count). The van der Waals surface area contributed by atoms with E-state index in [2.05, 4.69) is 0 Å². The summed E-state index contributed by atoms with van der Waals surface area (Å²) in [6.45, 7) is 4.30. The number of likely N-dealkylation sites (tertiary alicyclic amines) is 1. The van der Waals surface area contributed by atoms with E-state index in [0.717, 1.165) is 30.7 Å². The highest BCUT2D eigenvalue weighted by Crippen LogP contribution is 2.34. The highest BCUT2D eigenvalue weighted by Gasteiger charge is 2.36. The predicted molar refractivity (Wildman–Crippen MR) is 74.9 cm³/mol. The van der Waals surface area contributed by atoms with Crippen LogP contribution in [0.25, 0.3) is 0 Å². The van der Waals surface area contributed by atoms with Crippen LogP contribution in [0.5, 0.6) is 5.75 Å². The third-order valence-electron chi connectivity index (χ3n) is 3.54. The molecule has 1 aromatic carbocycles. The Morgan fingerprint density at radius 1 is 1.47 bits per heavy atom. The van der Waals surface area contributed by atoms with Gasteiger partial charge in [-0.1, -0.05) is 12.1 Å². The molecule has 19 heavy (non-hydrogen) atoms. The SMILES string of the molecule is COc1cccc(C2CCCN2C(=O)C(C)(C)N)c1. The zero-order valence-electron chi connectivity index (χ0n) is 11.8. The predicted octanol–water partition coefficient (Wildman–Crippen LogP) is 2.10. The molecule has 1 heterocycles. The summed E-state index contributed by atoms with van der Waals surface area (Å²) in [6, 6.07) is 8.04. The van der Waals surface area contributed by atoms with Crippen molar-refractivity contribution < 1.29 is 9.53 Å². The molecule has 2 N–H and O–H groups in total. The van der Waals surface area contributed by atoms with E-state index in [1.165, 1.54) is 0 Å². The molecule has 0 saturated carbocycles. The van der Waals surface area contributed by atoms with Gasteiger partial charge in [0.25, 0.3) is 0 Å². The van der Waals surface area contributed by atoms with Gasteiger partial charge in [-0.15, -0.1) is 0 Å². The summed E-state index contributed by atoms with van der Waals surface area (Å²) in [5.41, 5.74) is 6.24. The first-order chi connectivity index (χ1) is 8.93. The van der Waals surface area contributed by atoms with Crippen LogP contribution in [0.4, 0.5) is 0 Å². The van der Waals surface area contributed by atoms with Gasteiger partial charge in [0.2, 0.25) is 5.91 Å². The maximum Gasteiger partial charge on any atom is 0.242 e. The lowest BCUT2D eigenvalue weighted by Crippen LogP contribution is -2.50. The van der Waals surface area contributed by atoms with E-state index in [1.54, 1.807) is 21.0 Å². The molecule has 0 bridgehead atoms. The second-order valence-electron chi connectivity index (χ2n) is 5.65. The standard InChI is InChI=1S/C15H22N2O2/c1-15(2,16)14(18)17-9-5-8-13(17)11-6-4-7-12(10-11)19-3/h4,6-7,10,13H,5,8-9,16H2,1-3H3. The highest BCUT2D eigenvalue weighted by atomic mass is 16.5. The van der Waals surface area contributed by atoms with Gasteiger partial charge < -0.3 is 15.4 Å². The first kappa shape index (κ1) is 13.9. The number of hydrogen-bond donors (Lipinski definition) is 1. The Kier molecular flexibility index (Phi) is 3.80. The van der Waals surface area contributed by atoms with Crippen molar-refractivity contribution in [1.29, 1.82) is 0 Å². The van der Waals surface area contributed by atoms with E-state index in [0.29, 0.717) is 0 Å². The Hall–Kier alpha value is -1.55. The van der Waals surface area contributed by atoms with Crippen molar-refractivity contribution in [1.82, 2.24) is 4.90 Å². The van der Waals surface area contributed by atoms with E-state index in [-0.39, 0.29) is 11.9 Å². The Morgan fingerprint density at radius 2 is 2.21 bits per heavy atom. The van der Waals surface area contributed by atoms with Crippen LogP contribution in [0.3, 0.4) is 0 Å². The molecule has 4 heteroatoms. The van der Waals surface area contributed by atoms with E-state index < -0.39 is 5.54 Å². The van der Waals surface area contributed by atoms with Gasteiger partial charge in [-0.2, -0.15) is 0 Å². The number of ether oxygens (including phenoxy) is 1. The van der Waals surface area contributed by atoms with Gasteiger partial charge in [0, 0.05) is 6.54 Å². The van der Waals surface area contributed by atoms with Gasteiger partial charge >= 0.3 is 0 Å². The number of rotatable bonds is 3. The fourth-order valence-electron chi connectivity index (χ4n) is 2.58. The molecule has 0 spiro atoms. The molecule has 0 aromatic heterocycles. The van der Waals surface area contributed by atoms with Gasteiger partial charge in [-0.25, -0.2) is 0 Å². The van der Waals surface area contributed by atoms with E-state index in [1.807, 2.05) is 29.2 Å². The molecule has 1 saturated heterocycles. The lowest BCUT2D eigenvalue weighted by atomic mass is 10.0. The van der Waals surface area contributed by atoms with E-state index in [9.17, 15) is 4.79 Å². The molecular weight excluding hydrogens is 240 g/mol. The van der Waals surface area contributed by atoms with Crippen molar-refractivity contribution >= 4 is 5.91 Å². The van der Waals surface area contributed by atoms with Crippen molar-refractivity contribution in [3.05, 3.63) is 29.8 Å². The highest BCUT2D eigenvalue weighted by molar-refractivity contribution is 5.85. The summed E-state index contributed by atoms with van der Waals surface area (Å²) in [6.07, 6.45) is 2.00. The third kappa shape index (κ3) is 2.89. The third-order valence-corrected chi connectivity index (χ3v) is 3.54. The van der Waals surface area contributed by atoms with Gasteiger partial charge in [0.15, 0.2) is 0 Å². The van der Waals surface area contributed by atoms with Crippen LogP contribution in [0.1, 0.15) is 38.3 Å². The number of carbonyl (C=O) groups excluding carboxylic acids is 1. The first-order valence-corrected chi connectivity index (χ1v) is 6.67. The Labute approximate surface area is 114 Å². The molecule has 104 valence electrons. The Bertz CT molecular complexity index is 465. The van der Waals surface area contributed by atoms with Crippen molar-refractivity contribution in [3.8, 4) is 5.75 Å². The first-order valence-electron chi connectivity index (χ1n) is 6.67. The topological polar surface area (TPSA) is 55.6 Å². The monoisotopic (exact) mass is 262 g/mol. The second kappa shape index (κ2) is 5.21. The lowest BCUT2D eigenvalue weighted by Gasteiger charge is -2.31. The molecule has 0 aliphatic carbocycles. The zero-order chi connectivity index (χ0) is 14.0. The number of methoxy groups -OCH3 is 1. The number of nitrogens with two attached hydrogens (primary N) is 1. The number of benzene rings is 1. The smallest absolute Gasteiger partial charge is 0.242 e. The van der Waals surface area contributed by atoms with E-state index >= 15 is 0 Å². The minimum absolute atomic E-state index is 0.0119. The molecule has 1 aromatic rings. The number of nitrogens with zero attached hydrogens (tertiary/aromatic N) is 1. The summed E-state index contributed by atoms with van der Waals surface area (Å²) in [5, 5.41) is 0. The van der Waals surface area contributed by atoms with Crippen LogP contribution in [0.15, 0.2) is 24.3 Å². The van der Waals surface area contributed by atoms with Crippen LogP contribution in [-0.4, -0.2) is 30.0 Å². The maximum absolute atomic E-state index is 12.4. The molecule has 1 aliphatic rings. The molecular formula is C15H22N2O2. The normalized spacial score (nSPS) is 19.6. The minimum Gasteiger partial charge on any atom is -0.497 e. The van der Waals surface area contributed by atoms with E-state index in [4.69, 9.17) is 10.5 Å². The van der Waals surface area contributed by atoms with Gasteiger partial charge in [-0.05, 0) is 44.4 Å². The van der Waals surface area contributed by atoms with Crippen LogP contribution in [0, 0.1) is 0 Å². The molecule has 0 radical (unpaired) electrons. The minimum atomic E-state index is -0.818. The molecule has 1 fully saturated rings. The van der Waals surface area contributed by atoms with Crippen LogP contribution in [-0.2, 0) is 4.79 Å². The average Bonchev–Trinajstić information content (AvgIpc) is 2.85. The van der Waals surface area contributed by atoms with Crippen molar-refractivity contribution in [3.63, 3.8) is 0 Å². The number of hydrogen-bond acceptors (Lipinski definition) is 3. The average molecular weight is 262 g/mol. The van der Waals surface area contributed by atoms with Crippen molar-refractivity contribution in [2.45, 2.75) is 38.3 Å². The summed E-state index contributed by atoms with van der Waals surface area (Å²) < 4.78 is 5.25. The molecule has 1 amide bonds. The number of carbonyl (C=O) groups is 1. The molecule has 4 nitrogen and oxygen atoms in total. The summed E-state index contributed by atoms with van der Waals surface area (Å²) >= 11 is 0. The zero-order valence-corrected chi connectivity index (χ0v) is 11.8. The largest absolute Gasteiger partial charge is 0.497 e. The fraction of sp³-hybridized carbons (Fsp3) is 0.533. The summed E-state index contributed by atoms with van der Waals surface area (Å²) in [5.74, 6) is 0.835. The number of amides is 1. The maximum atomic E-state index is 12.4. The van der Waals surface area contributed by atoms with Crippen LogP contribution in [0.2, 0.25) is 0 Å². The van der Waals surface area contributed by atoms with Crippen LogP contribution < -0.4 is 10.5 Å². The molecule has 1 unspecified atom stereocenters. The Balaban J connectivity index is 2.25. The fourth-order valence-corrected chi connectivity index (χ4v) is 2.58. The van der Waals surface area contributed by atoms with Crippen molar-refractivity contribution in [2.75, 3.05) is 13.7 Å². The summed E-state index contributed by atoms with van der Waals surface area (Å²) in [4.78, 5) is 14.3. The quantitative estimate of drug-likeness (QED) is 0.907. The second-order valence-corrected chi connectivity index (χ2v) is 5.65. The Morgan fingerprint density at radius 3 is 2.84 bits per heavy atom. The van der Waals surface area contributed by atoms with Gasteiger partial charge in [-0.3, -0.25) is 4.79 Å². The van der Waals surface area contributed by atoms with Crippen molar-refractivity contribution in [2.24, 2.45) is 5.73 Å². The summed E-state index contributed by atoms with van der Waals surface area (Å²) in [7, 11) is 1.65. The van der Waals surface area contributed by atoms with Gasteiger partial charge in [0.05, 0.1) is 18.7 Å². The van der Waals surface area contributed by atoms with Gasteiger partial charge in [0.1, 0.15) is 5.75 Å². The molecule has 1 atom stereocenters.